The maximum atomic E-state index is 15.4. The number of anilines is 1. The third-order valence-electron chi connectivity index (χ3n) is 6.40. The number of nitrogens with one attached hydrogen (secondary N) is 1. The van der Waals surface area contributed by atoms with E-state index in [0.717, 1.165) is 18.9 Å². The van der Waals surface area contributed by atoms with Crippen molar-refractivity contribution in [1.82, 2.24) is 9.88 Å². The lowest BCUT2D eigenvalue weighted by atomic mass is 9.88. The zero-order valence-electron chi connectivity index (χ0n) is 18.6. The molecule has 2 aliphatic rings. The summed E-state index contributed by atoms with van der Waals surface area (Å²) < 4.78 is 60.9. The molecule has 0 bridgehead atoms. The van der Waals surface area contributed by atoms with Crippen LogP contribution in [0.1, 0.15) is 43.1 Å². The molecule has 2 N–H and O–H groups in total. The molecule has 2 heterocycles. The number of rotatable bonds is 5. The normalized spacial score (nSPS) is 20.0. The van der Waals surface area contributed by atoms with Crippen molar-refractivity contribution in [2.75, 3.05) is 25.1 Å². The number of hydrogen-bond donors (Lipinski definition) is 2. The second kappa shape index (κ2) is 7.88. The van der Waals surface area contributed by atoms with Crippen molar-refractivity contribution in [2.45, 2.75) is 44.9 Å². The molecular formula is C22H23F4N3O5. The lowest BCUT2D eigenvalue weighted by Crippen LogP contribution is -2.49. The van der Waals surface area contributed by atoms with Crippen molar-refractivity contribution in [1.29, 1.82) is 0 Å². The number of methoxy groups -OCH3 is 1. The Morgan fingerprint density at radius 3 is 2.44 bits per heavy atom. The number of aromatic nitrogens is 1. The molecule has 1 unspecified atom stereocenters. The predicted molar refractivity (Wildman–Crippen MR) is 114 cm³/mol. The summed E-state index contributed by atoms with van der Waals surface area (Å²) in [6.07, 6.45) is -2.38. The van der Waals surface area contributed by atoms with Gasteiger partial charge in [-0.25, -0.2) is 9.18 Å². The number of pyridine rings is 1. The molecule has 1 saturated heterocycles. The highest BCUT2D eigenvalue weighted by Crippen LogP contribution is 2.45. The number of halogens is 4. The SMILES string of the molecule is COc1c(N2CC(NC(=O)C(F)(F)F)C(C)(C)C2)c(F)cc2c(=O)c(C(=O)O)cn(C3CC3)c12. The minimum Gasteiger partial charge on any atom is -0.492 e. The first-order chi connectivity index (χ1) is 15.8. The minimum absolute atomic E-state index is 0.0189. The minimum atomic E-state index is -5.06. The summed E-state index contributed by atoms with van der Waals surface area (Å²) in [4.78, 5) is 37.4. The van der Waals surface area contributed by atoms with Gasteiger partial charge in [0, 0.05) is 30.7 Å². The summed E-state index contributed by atoms with van der Waals surface area (Å²) in [5, 5.41) is 11.3. The third-order valence-corrected chi connectivity index (χ3v) is 6.40. The van der Waals surface area contributed by atoms with Crippen LogP contribution in [0.4, 0.5) is 23.2 Å². The van der Waals surface area contributed by atoms with Gasteiger partial charge in [-0.3, -0.25) is 9.59 Å². The van der Waals surface area contributed by atoms with Crippen LogP contribution >= 0.6 is 0 Å². The first-order valence-corrected chi connectivity index (χ1v) is 10.6. The van der Waals surface area contributed by atoms with Gasteiger partial charge in [0.25, 0.3) is 0 Å². The van der Waals surface area contributed by atoms with Crippen molar-refractivity contribution >= 4 is 28.5 Å². The molecule has 1 aliphatic carbocycles. The maximum Gasteiger partial charge on any atom is 0.471 e. The fourth-order valence-corrected chi connectivity index (χ4v) is 4.51. The quantitative estimate of drug-likeness (QED) is 0.632. The molecule has 1 aromatic carbocycles. The molecule has 1 saturated carbocycles. The monoisotopic (exact) mass is 485 g/mol. The van der Waals surface area contributed by atoms with Crippen molar-refractivity contribution in [3.63, 3.8) is 0 Å². The number of alkyl halides is 3. The molecular weight excluding hydrogens is 462 g/mol. The summed E-state index contributed by atoms with van der Waals surface area (Å²) in [7, 11) is 1.27. The molecule has 2 aromatic rings. The molecule has 1 amide bonds. The highest BCUT2D eigenvalue weighted by atomic mass is 19.4. The van der Waals surface area contributed by atoms with E-state index in [-0.39, 0.29) is 41.5 Å². The van der Waals surface area contributed by atoms with Crippen LogP contribution in [-0.4, -0.2) is 54.0 Å². The maximum absolute atomic E-state index is 15.4. The van der Waals surface area contributed by atoms with Crippen LogP contribution in [0, 0.1) is 11.2 Å². The number of amides is 1. The van der Waals surface area contributed by atoms with Gasteiger partial charge in [-0.15, -0.1) is 0 Å². The molecule has 0 spiro atoms. The van der Waals surface area contributed by atoms with E-state index in [4.69, 9.17) is 4.74 Å². The van der Waals surface area contributed by atoms with Crippen LogP contribution < -0.4 is 20.4 Å². The Labute approximate surface area is 191 Å². The first-order valence-electron chi connectivity index (χ1n) is 10.6. The van der Waals surface area contributed by atoms with E-state index in [1.54, 1.807) is 18.4 Å². The average Bonchev–Trinajstić information content (AvgIpc) is 3.52. The van der Waals surface area contributed by atoms with Gasteiger partial charge in [-0.2, -0.15) is 13.2 Å². The van der Waals surface area contributed by atoms with E-state index in [1.807, 2.05) is 5.32 Å². The second-order valence-electron chi connectivity index (χ2n) is 9.34. The largest absolute Gasteiger partial charge is 0.492 e. The topological polar surface area (TPSA) is 101 Å². The number of fused-ring (bicyclic) bond motifs is 1. The van der Waals surface area contributed by atoms with E-state index in [9.17, 15) is 32.7 Å². The fourth-order valence-electron chi connectivity index (χ4n) is 4.51. The number of aromatic carboxylic acids is 1. The summed E-state index contributed by atoms with van der Waals surface area (Å²) in [5.41, 5.74) is -2.05. The molecule has 8 nitrogen and oxygen atoms in total. The van der Waals surface area contributed by atoms with Gasteiger partial charge in [0.2, 0.25) is 5.43 Å². The van der Waals surface area contributed by atoms with Crippen molar-refractivity contribution in [3.8, 4) is 5.75 Å². The molecule has 1 aliphatic heterocycles. The standard InChI is InChI=1S/C22H23F4N3O5/c1-21(2)9-28(8-14(21)27-20(33)22(24,25)26)16-13(23)6-11-15(18(16)34-3)29(10-4-5-10)7-12(17(11)30)19(31)32/h6-7,10,14H,4-5,8-9H2,1-3H3,(H,27,33)(H,31,32). The highest BCUT2D eigenvalue weighted by Gasteiger charge is 2.47. The summed E-state index contributed by atoms with van der Waals surface area (Å²) >= 11 is 0. The molecule has 1 aromatic heterocycles. The van der Waals surface area contributed by atoms with Gasteiger partial charge in [0.05, 0.1) is 24.1 Å². The lowest BCUT2D eigenvalue weighted by molar-refractivity contribution is -0.174. The molecule has 184 valence electrons. The Hall–Kier alpha value is -3.31. The predicted octanol–water partition coefficient (Wildman–Crippen LogP) is 3.08. The van der Waals surface area contributed by atoms with Crippen LogP contribution in [0.15, 0.2) is 17.1 Å². The van der Waals surface area contributed by atoms with Crippen molar-refractivity contribution in [3.05, 3.63) is 33.9 Å². The van der Waals surface area contributed by atoms with Gasteiger partial charge in [0.1, 0.15) is 11.3 Å². The third kappa shape index (κ3) is 3.94. The number of carboxylic acids is 1. The summed E-state index contributed by atoms with van der Waals surface area (Å²) in [6, 6.07) is -0.0983. The highest BCUT2D eigenvalue weighted by molar-refractivity contribution is 5.97. The Kier molecular flexibility index (Phi) is 5.52. The zero-order valence-corrected chi connectivity index (χ0v) is 18.6. The smallest absolute Gasteiger partial charge is 0.471 e. The van der Waals surface area contributed by atoms with Crippen LogP contribution in [0.3, 0.4) is 0 Å². The Morgan fingerprint density at radius 2 is 1.91 bits per heavy atom. The van der Waals surface area contributed by atoms with Crippen molar-refractivity contribution in [2.24, 2.45) is 5.41 Å². The molecule has 2 fully saturated rings. The second-order valence-corrected chi connectivity index (χ2v) is 9.34. The van der Waals surface area contributed by atoms with E-state index in [1.165, 1.54) is 18.2 Å². The van der Waals surface area contributed by atoms with Crippen LogP contribution in [0.5, 0.6) is 5.75 Å². The molecule has 1 atom stereocenters. The van der Waals surface area contributed by atoms with Gasteiger partial charge in [-0.1, -0.05) is 13.8 Å². The number of carboxylic acid groups (broad SMARTS) is 1. The van der Waals surface area contributed by atoms with Crippen LogP contribution in [0.2, 0.25) is 0 Å². The van der Waals surface area contributed by atoms with E-state index < -0.39 is 46.3 Å². The number of benzene rings is 1. The van der Waals surface area contributed by atoms with Gasteiger partial charge in [0.15, 0.2) is 11.6 Å². The molecule has 0 radical (unpaired) electrons. The van der Waals surface area contributed by atoms with Crippen molar-refractivity contribution < 1.29 is 37.0 Å². The summed E-state index contributed by atoms with van der Waals surface area (Å²) in [6.45, 7) is 3.27. The van der Waals surface area contributed by atoms with E-state index in [2.05, 4.69) is 0 Å². The first kappa shape index (κ1) is 23.8. The van der Waals surface area contributed by atoms with Crippen LogP contribution in [-0.2, 0) is 4.79 Å². The van der Waals surface area contributed by atoms with E-state index >= 15 is 4.39 Å². The Morgan fingerprint density at radius 1 is 1.26 bits per heavy atom. The van der Waals surface area contributed by atoms with Gasteiger partial charge >= 0.3 is 18.1 Å². The van der Waals surface area contributed by atoms with Gasteiger partial charge in [-0.05, 0) is 18.9 Å². The Balaban J connectivity index is 1.86. The molecule has 34 heavy (non-hydrogen) atoms. The molecule has 12 heteroatoms. The van der Waals surface area contributed by atoms with Crippen LogP contribution in [0.25, 0.3) is 10.9 Å². The number of carbonyl (C=O) groups is 2. The zero-order chi connectivity index (χ0) is 25.2. The Bertz CT molecular complexity index is 1250. The number of hydrogen-bond acceptors (Lipinski definition) is 5. The lowest BCUT2D eigenvalue weighted by Gasteiger charge is -2.26. The fraction of sp³-hybridized carbons (Fsp3) is 0.500. The molecule has 4 rings (SSSR count). The number of ether oxygens (including phenoxy) is 1. The van der Waals surface area contributed by atoms with E-state index in [0.29, 0.717) is 0 Å². The number of nitrogens with zero attached hydrogens (tertiary/aromatic N) is 2. The van der Waals surface area contributed by atoms with Gasteiger partial charge < -0.3 is 24.6 Å². The average molecular weight is 485 g/mol. The number of carbonyl (C=O) groups excluding carboxylic acids is 1. The summed E-state index contributed by atoms with van der Waals surface area (Å²) in [5.74, 6) is -4.42.